The Morgan fingerprint density at radius 3 is 2.67 bits per heavy atom. The van der Waals surface area contributed by atoms with Crippen LogP contribution in [0.3, 0.4) is 0 Å². The first kappa shape index (κ1) is 10.1. The van der Waals surface area contributed by atoms with E-state index in [9.17, 15) is 9.59 Å². The molecule has 0 aromatic heterocycles. The van der Waals surface area contributed by atoms with E-state index in [2.05, 4.69) is 0 Å². The molecule has 0 radical (unpaired) electrons. The molecule has 0 aromatic rings. The minimum absolute atomic E-state index is 0.00972. The van der Waals surface area contributed by atoms with Gasteiger partial charge in [-0.1, -0.05) is 0 Å². The van der Waals surface area contributed by atoms with E-state index >= 15 is 0 Å². The van der Waals surface area contributed by atoms with Crippen LogP contribution in [0.15, 0.2) is 0 Å². The van der Waals surface area contributed by atoms with Crippen molar-refractivity contribution in [2.75, 3.05) is 0 Å². The van der Waals surface area contributed by atoms with E-state index in [1.807, 2.05) is 13.8 Å². The molecule has 3 nitrogen and oxygen atoms in total. The number of halogens is 1. The summed E-state index contributed by atoms with van der Waals surface area (Å²) in [5.41, 5.74) is 5.71. The van der Waals surface area contributed by atoms with Crippen molar-refractivity contribution in [3.63, 3.8) is 0 Å². The number of hydrogen-bond acceptors (Lipinski definition) is 3. The SMILES string of the molecule is C[C@@H](N)C1[I-]C(=O)CC(=O)[C@@H]1C. The van der Waals surface area contributed by atoms with Crippen LogP contribution < -0.4 is 26.9 Å². The molecule has 2 N–H and O–H groups in total. The first-order chi connectivity index (χ1) is 5.52. The molecule has 1 unspecified atom stereocenters. The molecular formula is C8H13INO2-. The van der Waals surface area contributed by atoms with Crippen LogP contribution in [-0.2, 0) is 9.59 Å². The van der Waals surface area contributed by atoms with E-state index in [1.165, 1.54) is 0 Å². The van der Waals surface area contributed by atoms with Crippen LogP contribution in [0.1, 0.15) is 20.3 Å². The number of carbonyl (C=O) groups is 2. The van der Waals surface area contributed by atoms with Crippen LogP contribution in [-0.4, -0.2) is 19.5 Å². The molecule has 0 spiro atoms. The number of Topliss-reactive ketones (excluding diaryl/α,β-unsaturated/α-hetero) is 1. The fourth-order valence-corrected chi connectivity index (χ4v) is 4.21. The summed E-state index contributed by atoms with van der Waals surface area (Å²) in [4.78, 5) is 22.4. The number of ketones is 1. The second-order valence-corrected chi connectivity index (χ2v) is 6.46. The zero-order chi connectivity index (χ0) is 9.30. The summed E-state index contributed by atoms with van der Waals surface area (Å²) in [7, 11) is 0. The van der Waals surface area contributed by atoms with Crippen molar-refractivity contribution in [2.45, 2.75) is 30.2 Å². The number of alkyl halides is 1. The molecule has 70 valence electrons. The summed E-state index contributed by atoms with van der Waals surface area (Å²) in [6, 6.07) is -0.0130. The van der Waals surface area contributed by atoms with E-state index in [4.69, 9.17) is 5.73 Å². The molecule has 1 heterocycles. The first-order valence-corrected chi connectivity index (χ1v) is 6.29. The standard InChI is InChI=1S/C8H13INO2/c1-4-6(11)3-7(12)9-8(4)5(2)10/h4-5,8H,3,10H2,1-2H3/q-1/t4-,5+,8?/m0/s1. The van der Waals surface area contributed by atoms with Crippen LogP contribution in [0.4, 0.5) is 0 Å². The molecule has 1 fully saturated rings. The van der Waals surface area contributed by atoms with E-state index in [1.54, 1.807) is 0 Å². The Labute approximate surface area is 82.3 Å². The van der Waals surface area contributed by atoms with E-state index in [0.29, 0.717) is 0 Å². The monoisotopic (exact) mass is 282 g/mol. The van der Waals surface area contributed by atoms with Crippen molar-refractivity contribution in [3.05, 3.63) is 0 Å². The van der Waals surface area contributed by atoms with Crippen molar-refractivity contribution in [3.8, 4) is 0 Å². The van der Waals surface area contributed by atoms with E-state index in [0.717, 1.165) is 0 Å². The molecule has 1 aliphatic rings. The third kappa shape index (κ3) is 2.04. The van der Waals surface area contributed by atoms with Gasteiger partial charge in [0, 0.05) is 0 Å². The van der Waals surface area contributed by atoms with Gasteiger partial charge in [-0.2, -0.15) is 0 Å². The van der Waals surface area contributed by atoms with Crippen LogP contribution >= 0.6 is 0 Å². The predicted molar refractivity (Wildman–Crippen MR) is 41.2 cm³/mol. The molecule has 0 amide bonds. The summed E-state index contributed by atoms with van der Waals surface area (Å²) in [5, 5.41) is 0. The Morgan fingerprint density at radius 2 is 2.17 bits per heavy atom. The summed E-state index contributed by atoms with van der Waals surface area (Å²) >= 11 is -0.506. The molecule has 4 heteroatoms. The van der Waals surface area contributed by atoms with Gasteiger partial charge in [0.05, 0.1) is 0 Å². The van der Waals surface area contributed by atoms with Crippen molar-refractivity contribution < 1.29 is 30.8 Å². The summed E-state index contributed by atoms with van der Waals surface area (Å²) in [6.45, 7) is 3.77. The molecule has 0 aliphatic carbocycles. The molecule has 1 saturated heterocycles. The van der Waals surface area contributed by atoms with Gasteiger partial charge in [0.2, 0.25) is 0 Å². The Balaban J connectivity index is 2.73. The molecule has 1 rings (SSSR count). The van der Waals surface area contributed by atoms with Gasteiger partial charge in [0.15, 0.2) is 0 Å². The minimum atomic E-state index is -0.506. The zero-order valence-corrected chi connectivity index (χ0v) is 9.37. The number of nitrogens with two attached hydrogens (primary N) is 1. The Morgan fingerprint density at radius 1 is 1.58 bits per heavy atom. The molecule has 0 aromatic carbocycles. The normalized spacial score (nSPS) is 34.2. The summed E-state index contributed by atoms with van der Waals surface area (Å²) in [6.07, 6.45) is 0.164. The van der Waals surface area contributed by atoms with Crippen LogP contribution in [0.25, 0.3) is 0 Å². The topological polar surface area (TPSA) is 60.2 Å². The van der Waals surface area contributed by atoms with Gasteiger partial charge in [0.25, 0.3) is 0 Å². The van der Waals surface area contributed by atoms with Gasteiger partial charge >= 0.3 is 82.3 Å². The van der Waals surface area contributed by atoms with Crippen molar-refractivity contribution in [1.82, 2.24) is 0 Å². The second-order valence-electron chi connectivity index (χ2n) is 3.20. The van der Waals surface area contributed by atoms with E-state index < -0.39 is 21.2 Å². The maximum atomic E-state index is 11.3. The van der Waals surface area contributed by atoms with Crippen LogP contribution in [0, 0.1) is 5.92 Å². The zero-order valence-electron chi connectivity index (χ0n) is 7.21. The Kier molecular flexibility index (Phi) is 3.22. The average Bonchev–Trinajstić information content (AvgIpc) is 1.96. The number of carbonyl (C=O) groups excluding carboxylic acids is 2. The molecule has 12 heavy (non-hydrogen) atoms. The van der Waals surface area contributed by atoms with Crippen molar-refractivity contribution in [1.29, 1.82) is 0 Å². The number of rotatable bonds is 1. The van der Waals surface area contributed by atoms with Crippen LogP contribution in [0.2, 0.25) is 0 Å². The Hall–Kier alpha value is 0.0300. The molecule has 3 atom stereocenters. The first-order valence-electron chi connectivity index (χ1n) is 3.97. The average molecular weight is 282 g/mol. The van der Waals surface area contributed by atoms with Gasteiger partial charge in [0.1, 0.15) is 0 Å². The van der Waals surface area contributed by atoms with Crippen molar-refractivity contribution in [2.24, 2.45) is 11.7 Å². The van der Waals surface area contributed by atoms with Crippen LogP contribution in [0.5, 0.6) is 0 Å². The third-order valence-electron chi connectivity index (χ3n) is 2.05. The molecule has 1 aliphatic heterocycles. The molecule has 0 saturated carbocycles. The second kappa shape index (κ2) is 3.83. The predicted octanol–water partition coefficient (Wildman–Crippen LogP) is -3.07. The van der Waals surface area contributed by atoms with Gasteiger partial charge in [-0.05, 0) is 0 Å². The van der Waals surface area contributed by atoms with E-state index in [-0.39, 0.29) is 31.9 Å². The third-order valence-corrected chi connectivity index (χ3v) is 6.06. The summed E-state index contributed by atoms with van der Waals surface area (Å²) in [5.74, 6) is 0.0868. The number of hydrogen-bond donors (Lipinski definition) is 1. The fraction of sp³-hybridized carbons (Fsp3) is 0.750. The maximum absolute atomic E-state index is 11.3. The fourth-order valence-electron chi connectivity index (χ4n) is 1.30. The quantitative estimate of drug-likeness (QED) is 0.240. The van der Waals surface area contributed by atoms with Gasteiger partial charge in [-0.3, -0.25) is 0 Å². The summed E-state index contributed by atoms with van der Waals surface area (Å²) < 4.78 is 0.316. The van der Waals surface area contributed by atoms with Crippen molar-refractivity contribution >= 4 is 9.57 Å². The Bertz CT molecular complexity index is 215. The van der Waals surface area contributed by atoms with Gasteiger partial charge in [-0.15, -0.1) is 0 Å². The molecular weight excluding hydrogens is 269 g/mol. The van der Waals surface area contributed by atoms with Gasteiger partial charge in [-0.25, -0.2) is 0 Å². The molecule has 0 bridgehead atoms. The van der Waals surface area contributed by atoms with Gasteiger partial charge < -0.3 is 0 Å².